The number of carbonyl (C=O) groups is 2. The molecule has 0 heterocycles. The molecule has 0 aliphatic heterocycles. The van der Waals surface area contributed by atoms with Crippen LogP contribution in [0.15, 0.2) is 0 Å². The van der Waals surface area contributed by atoms with Crippen LogP contribution in [0.2, 0.25) is 0 Å². The fourth-order valence-electron chi connectivity index (χ4n) is 1.08. The van der Waals surface area contributed by atoms with E-state index in [1.807, 2.05) is 0 Å². The minimum atomic E-state index is -4.14. The number of amides is 1. The molecule has 0 bridgehead atoms. The maximum atomic E-state index is 11.8. The number of nitrogens with one attached hydrogen (secondary N) is 1. The minimum Gasteiger partial charge on any atom is -0.465 e. The number of nitrogens with zero attached hydrogens (tertiary/aromatic N) is 1. The van der Waals surface area contributed by atoms with Crippen molar-refractivity contribution in [2.45, 2.75) is 26.8 Å². The summed E-state index contributed by atoms with van der Waals surface area (Å²) in [5.74, 6) is -0.693. The SMILES string of the molecule is CCOC(=O)CN(C(C)C)S(=O)(=O)NC(=O)OC. The molecule has 18 heavy (non-hydrogen) atoms. The van der Waals surface area contributed by atoms with Crippen molar-refractivity contribution in [3.8, 4) is 0 Å². The van der Waals surface area contributed by atoms with Gasteiger partial charge < -0.3 is 9.47 Å². The molecule has 0 aliphatic rings. The van der Waals surface area contributed by atoms with Gasteiger partial charge in [0.1, 0.15) is 6.54 Å². The van der Waals surface area contributed by atoms with Crippen molar-refractivity contribution in [1.82, 2.24) is 9.03 Å². The number of hydrogen-bond donors (Lipinski definition) is 1. The van der Waals surface area contributed by atoms with E-state index in [0.29, 0.717) is 0 Å². The Kier molecular flexibility index (Phi) is 6.63. The van der Waals surface area contributed by atoms with Gasteiger partial charge in [0.25, 0.3) is 0 Å². The van der Waals surface area contributed by atoms with Gasteiger partial charge in [-0.15, -0.1) is 0 Å². The largest absolute Gasteiger partial charge is 0.465 e. The molecule has 0 atom stereocenters. The average molecular weight is 282 g/mol. The van der Waals surface area contributed by atoms with Crippen molar-refractivity contribution in [3.63, 3.8) is 0 Å². The molecule has 0 saturated heterocycles. The van der Waals surface area contributed by atoms with E-state index in [0.717, 1.165) is 11.4 Å². The van der Waals surface area contributed by atoms with Crippen molar-refractivity contribution in [2.75, 3.05) is 20.3 Å². The number of carbonyl (C=O) groups excluding carboxylic acids is 2. The van der Waals surface area contributed by atoms with Crippen LogP contribution < -0.4 is 4.72 Å². The maximum Gasteiger partial charge on any atom is 0.421 e. The zero-order valence-corrected chi connectivity index (χ0v) is 11.6. The van der Waals surface area contributed by atoms with Crippen LogP contribution in [0.25, 0.3) is 0 Å². The highest BCUT2D eigenvalue weighted by atomic mass is 32.2. The van der Waals surface area contributed by atoms with Gasteiger partial charge in [0, 0.05) is 6.04 Å². The number of ether oxygens (including phenoxy) is 2. The van der Waals surface area contributed by atoms with Crippen LogP contribution in [-0.4, -0.2) is 51.1 Å². The van der Waals surface area contributed by atoms with E-state index < -0.39 is 34.9 Å². The second-order valence-corrected chi connectivity index (χ2v) is 5.17. The topological polar surface area (TPSA) is 102 Å². The minimum absolute atomic E-state index is 0.148. The van der Waals surface area contributed by atoms with Gasteiger partial charge in [-0.3, -0.25) is 4.79 Å². The zero-order valence-electron chi connectivity index (χ0n) is 10.8. The molecular weight excluding hydrogens is 264 g/mol. The van der Waals surface area contributed by atoms with Gasteiger partial charge in [-0.05, 0) is 20.8 Å². The second-order valence-electron chi connectivity index (χ2n) is 3.54. The summed E-state index contributed by atoms with van der Waals surface area (Å²) in [5.41, 5.74) is 0. The van der Waals surface area contributed by atoms with Crippen LogP contribution in [0.1, 0.15) is 20.8 Å². The number of hydrogen-bond acceptors (Lipinski definition) is 6. The summed E-state index contributed by atoms with van der Waals surface area (Å²) < 4.78 is 34.9. The Morgan fingerprint density at radius 3 is 2.28 bits per heavy atom. The van der Waals surface area contributed by atoms with Crippen molar-refractivity contribution >= 4 is 22.3 Å². The van der Waals surface area contributed by atoms with E-state index in [4.69, 9.17) is 0 Å². The monoisotopic (exact) mass is 282 g/mol. The molecule has 8 nitrogen and oxygen atoms in total. The first kappa shape index (κ1) is 16.6. The Balaban J connectivity index is 4.88. The Bertz CT molecular complexity index is 392. The highest BCUT2D eigenvalue weighted by molar-refractivity contribution is 7.87. The molecular formula is C9H18N2O6S. The predicted molar refractivity (Wildman–Crippen MR) is 62.9 cm³/mol. The molecule has 0 aromatic heterocycles. The molecule has 0 rings (SSSR count). The Hall–Kier alpha value is -1.35. The van der Waals surface area contributed by atoms with Crippen LogP contribution in [-0.2, 0) is 24.5 Å². The van der Waals surface area contributed by atoms with Gasteiger partial charge in [-0.1, -0.05) is 0 Å². The lowest BCUT2D eigenvalue weighted by atomic mass is 10.4. The van der Waals surface area contributed by atoms with Crippen LogP contribution in [0.5, 0.6) is 0 Å². The summed E-state index contributed by atoms with van der Waals surface area (Å²) in [6.07, 6.45) is -1.12. The summed E-state index contributed by atoms with van der Waals surface area (Å²) in [6.45, 7) is 4.41. The van der Waals surface area contributed by atoms with E-state index in [1.54, 1.807) is 25.5 Å². The highest BCUT2D eigenvalue weighted by Gasteiger charge is 2.29. The molecule has 9 heteroatoms. The third-order valence-electron chi connectivity index (χ3n) is 1.87. The van der Waals surface area contributed by atoms with E-state index in [1.165, 1.54) is 0 Å². The van der Waals surface area contributed by atoms with Crippen molar-refractivity contribution in [1.29, 1.82) is 0 Å². The molecule has 0 saturated carbocycles. The van der Waals surface area contributed by atoms with Crippen LogP contribution in [0.4, 0.5) is 4.79 Å². The van der Waals surface area contributed by atoms with Gasteiger partial charge in [0.15, 0.2) is 0 Å². The van der Waals surface area contributed by atoms with E-state index >= 15 is 0 Å². The third-order valence-corrected chi connectivity index (χ3v) is 3.47. The average Bonchev–Trinajstić information content (AvgIpc) is 2.24. The Morgan fingerprint density at radius 1 is 1.33 bits per heavy atom. The van der Waals surface area contributed by atoms with E-state index in [9.17, 15) is 18.0 Å². The molecule has 1 amide bonds. The quantitative estimate of drug-likeness (QED) is 0.680. The van der Waals surface area contributed by atoms with Crippen LogP contribution in [0.3, 0.4) is 0 Å². The lowest BCUT2D eigenvalue weighted by Gasteiger charge is -2.24. The lowest BCUT2D eigenvalue weighted by Crippen LogP contribution is -2.48. The molecule has 0 unspecified atom stereocenters. The first-order valence-electron chi connectivity index (χ1n) is 5.27. The highest BCUT2D eigenvalue weighted by Crippen LogP contribution is 2.05. The summed E-state index contributed by atoms with van der Waals surface area (Å²) >= 11 is 0. The second kappa shape index (κ2) is 7.17. The smallest absolute Gasteiger partial charge is 0.421 e. The fourth-order valence-corrected chi connectivity index (χ4v) is 2.33. The van der Waals surface area contributed by atoms with E-state index in [-0.39, 0.29) is 6.61 Å². The number of methoxy groups -OCH3 is 1. The first-order chi connectivity index (χ1) is 8.24. The summed E-state index contributed by atoms with van der Waals surface area (Å²) in [7, 11) is -3.10. The normalized spacial score (nSPS) is 11.4. The standard InChI is InChI=1S/C9H18N2O6S/c1-5-17-8(12)6-11(7(2)3)18(14,15)10-9(13)16-4/h7H,5-6H2,1-4H3,(H,10,13). The first-order valence-corrected chi connectivity index (χ1v) is 6.71. The molecule has 106 valence electrons. The van der Waals surface area contributed by atoms with Gasteiger partial charge in [-0.2, -0.15) is 12.7 Å². The predicted octanol–water partition coefficient (Wildman–Crippen LogP) is -0.139. The molecule has 0 fully saturated rings. The van der Waals surface area contributed by atoms with Crippen molar-refractivity contribution in [2.24, 2.45) is 0 Å². The molecule has 0 spiro atoms. The molecule has 0 aromatic carbocycles. The summed E-state index contributed by atoms with van der Waals surface area (Å²) in [6, 6.07) is -0.517. The van der Waals surface area contributed by atoms with Gasteiger partial charge >= 0.3 is 22.3 Å². The summed E-state index contributed by atoms with van der Waals surface area (Å²) in [5, 5.41) is 0. The molecule has 0 aliphatic carbocycles. The Labute approximate surface area is 106 Å². The molecule has 1 N–H and O–H groups in total. The van der Waals surface area contributed by atoms with Gasteiger partial charge in [0.2, 0.25) is 0 Å². The van der Waals surface area contributed by atoms with Gasteiger partial charge in [0.05, 0.1) is 13.7 Å². The number of rotatable bonds is 6. The maximum absolute atomic E-state index is 11.8. The van der Waals surface area contributed by atoms with Crippen molar-refractivity contribution in [3.05, 3.63) is 0 Å². The van der Waals surface area contributed by atoms with Crippen molar-refractivity contribution < 1.29 is 27.5 Å². The lowest BCUT2D eigenvalue weighted by molar-refractivity contribution is -0.143. The third kappa shape index (κ3) is 5.32. The fraction of sp³-hybridized carbons (Fsp3) is 0.778. The Morgan fingerprint density at radius 2 is 1.89 bits per heavy atom. The van der Waals surface area contributed by atoms with Crippen LogP contribution in [0, 0.1) is 0 Å². The molecule has 0 radical (unpaired) electrons. The van der Waals surface area contributed by atoms with Gasteiger partial charge in [-0.25, -0.2) is 9.52 Å². The number of esters is 1. The zero-order chi connectivity index (χ0) is 14.3. The van der Waals surface area contributed by atoms with E-state index in [2.05, 4.69) is 9.47 Å². The summed E-state index contributed by atoms with van der Waals surface area (Å²) in [4.78, 5) is 22.2. The molecule has 0 aromatic rings. The van der Waals surface area contributed by atoms with Crippen LogP contribution >= 0.6 is 0 Å².